The van der Waals surface area contributed by atoms with Crippen molar-refractivity contribution in [1.82, 2.24) is 0 Å². The van der Waals surface area contributed by atoms with Crippen molar-refractivity contribution in [2.45, 2.75) is 13.3 Å². The Morgan fingerprint density at radius 3 is 2.45 bits per heavy atom. The zero-order valence-corrected chi connectivity index (χ0v) is 11.2. The SMILES string of the molecule is COc1ccc(C(=O)Cc2ccc(F)c(F)c2)cc1C. The summed E-state index contributed by atoms with van der Waals surface area (Å²) in [6, 6.07) is 8.58. The van der Waals surface area contributed by atoms with Crippen LogP contribution in [-0.4, -0.2) is 12.9 Å². The Kier molecular flexibility index (Phi) is 4.13. The van der Waals surface area contributed by atoms with Crippen LogP contribution < -0.4 is 4.74 Å². The highest BCUT2D eigenvalue weighted by molar-refractivity contribution is 5.97. The maximum absolute atomic E-state index is 13.1. The predicted molar refractivity (Wildman–Crippen MR) is 72.1 cm³/mol. The number of benzene rings is 2. The minimum absolute atomic E-state index is 0.0307. The van der Waals surface area contributed by atoms with Gasteiger partial charge in [0, 0.05) is 12.0 Å². The standard InChI is InChI=1S/C16H14F2O2/c1-10-7-12(4-6-16(10)20-2)15(19)9-11-3-5-13(17)14(18)8-11/h3-8H,9H2,1-2H3. The van der Waals surface area contributed by atoms with Gasteiger partial charge in [0.05, 0.1) is 7.11 Å². The second-order valence-corrected chi connectivity index (χ2v) is 4.53. The van der Waals surface area contributed by atoms with Gasteiger partial charge in [0.15, 0.2) is 17.4 Å². The van der Waals surface area contributed by atoms with Crippen molar-refractivity contribution >= 4 is 5.78 Å². The summed E-state index contributed by atoms with van der Waals surface area (Å²) in [4.78, 5) is 12.1. The lowest BCUT2D eigenvalue weighted by molar-refractivity contribution is 0.0993. The fraction of sp³-hybridized carbons (Fsp3) is 0.188. The highest BCUT2D eigenvalue weighted by atomic mass is 19.2. The van der Waals surface area contributed by atoms with Gasteiger partial charge in [-0.3, -0.25) is 4.79 Å². The molecule has 2 aromatic carbocycles. The Morgan fingerprint density at radius 2 is 1.85 bits per heavy atom. The number of Topliss-reactive ketones (excluding diaryl/α,β-unsaturated/α-hetero) is 1. The number of halogens is 2. The Balaban J connectivity index is 2.19. The molecular formula is C16H14F2O2. The van der Waals surface area contributed by atoms with Gasteiger partial charge in [-0.15, -0.1) is 0 Å². The van der Waals surface area contributed by atoms with Gasteiger partial charge in [-0.25, -0.2) is 8.78 Å². The minimum atomic E-state index is -0.943. The Labute approximate surface area is 116 Å². The summed E-state index contributed by atoms with van der Waals surface area (Å²) in [5, 5.41) is 0. The van der Waals surface area contributed by atoms with Gasteiger partial charge in [0.1, 0.15) is 5.75 Å². The third-order valence-electron chi connectivity index (χ3n) is 3.07. The molecule has 2 nitrogen and oxygen atoms in total. The summed E-state index contributed by atoms with van der Waals surface area (Å²) in [5.41, 5.74) is 1.82. The summed E-state index contributed by atoms with van der Waals surface area (Å²) in [6.45, 7) is 1.84. The molecule has 4 heteroatoms. The van der Waals surface area contributed by atoms with Crippen molar-refractivity contribution in [3.8, 4) is 5.75 Å². The van der Waals surface area contributed by atoms with E-state index in [1.807, 2.05) is 6.92 Å². The van der Waals surface area contributed by atoms with Gasteiger partial charge in [0.2, 0.25) is 0 Å². The van der Waals surface area contributed by atoms with Crippen molar-refractivity contribution in [3.05, 3.63) is 64.7 Å². The second-order valence-electron chi connectivity index (χ2n) is 4.53. The number of carbonyl (C=O) groups excluding carboxylic acids is 1. The molecule has 2 aromatic rings. The van der Waals surface area contributed by atoms with Crippen LogP contribution in [0, 0.1) is 18.6 Å². The average molecular weight is 276 g/mol. The number of aryl methyl sites for hydroxylation is 1. The first kappa shape index (κ1) is 14.2. The number of methoxy groups -OCH3 is 1. The Morgan fingerprint density at radius 1 is 1.10 bits per heavy atom. The molecule has 0 heterocycles. The first-order valence-corrected chi connectivity index (χ1v) is 6.13. The first-order valence-electron chi connectivity index (χ1n) is 6.13. The van der Waals surface area contributed by atoms with E-state index in [9.17, 15) is 13.6 Å². The summed E-state index contributed by atoms with van der Waals surface area (Å²) < 4.78 is 31.0. The van der Waals surface area contributed by atoms with Crippen molar-refractivity contribution in [1.29, 1.82) is 0 Å². The molecule has 0 aliphatic rings. The zero-order chi connectivity index (χ0) is 14.7. The normalized spacial score (nSPS) is 10.4. The Hall–Kier alpha value is -2.23. The van der Waals surface area contributed by atoms with E-state index in [1.165, 1.54) is 6.07 Å². The number of hydrogen-bond acceptors (Lipinski definition) is 2. The molecule has 0 unspecified atom stereocenters. The van der Waals surface area contributed by atoms with Crippen LogP contribution in [0.15, 0.2) is 36.4 Å². The lowest BCUT2D eigenvalue weighted by atomic mass is 10.0. The third kappa shape index (κ3) is 3.02. The van der Waals surface area contributed by atoms with E-state index >= 15 is 0 Å². The quantitative estimate of drug-likeness (QED) is 0.796. The van der Waals surface area contributed by atoms with Gasteiger partial charge < -0.3 is 4.74 Å². The van der Waals surface area contributed by atoms with Gasteiger partial charge in [-0.2, -0.15) is 0 Å². The summed E-state index contributed by atoms with van der Waals surface area (Å²) in [7, 11) is 1.56. The molecule has 0 aliphatic carbocycles. The fourth-order valence-corrected chi connectivity index (χ4v) is 1.99. The summed E-state index contributed by atoms with van der Waals surface area (Å²) in [6.07, 6.45) is 0.0307. The number of rotatable bonds is 4. The van der Waals surface area contributed by atoms with E-state index < -0.39 is 11.6 Å². The van der Waals surface area contributed by atoms with Crippen LogP contribution in [0.4, 0.5) is 8.78 Å². The highest BCUT2D eigenvalue weighted by Gasteiger charge is 2.11. The maximum Gasteiger partial charge on any atom is 0.167 e. The monoisotopic (exact) mass is 276 g/mol. The molecule has 0 aromatic heterocycles. The minimum Gasteiger partial charge on any atom is -0.496 e. The predicted octanol–water partition coefficient (Wildman–Crippen LogP) is 3.71. The van der Waals surface area contributed by atoms with E-state index in [-0.39, 0.29) is 12.2 Å². The maximum atomic E-state index is 13.1. The highest BCUT2D eigenvalue weighted by Crippen LogP contribution is 2.20. The molecular weight excluding hydrogens is 262 g/mol. The number of ketones is 1. The number of ether oxygens (including phenoxy) is 1. The van der Waals surface area contributed by atoms with Crippen molar-refractivity contribution in [2.24, 2.45) is 0 Å². The molecule has 0 aliphatic heterocycles. The molecule has 0 N–H and O–H groups in total. The van der Waals surface area contributed by atoms with Gasteiger partial charge in [-0.1, -0.05) is 6.07 Å². The largest absolute Gasteiger partial charge is 0.496 e. The van der Waals surface area contributed by atoms with Crippen molar-refractivity contribution in [2.75, 3.05) is 7.11 Å². The molecule has 104 valence electrons. The average Bonchev–Trinajstić information content (AvgIpc) is 2.42. The summed E-state index contributed by atoms with van der Waals surface area (Å²) in [5.74, 6) is -1.31. The number of hydrogen-bond donors (Lipinski definition) is 0. The lowest BCUT2D eigenvalue weighted by Gasteiger charge is -2.07. The van der Waals surface area contributed by atoms with Gasteiger partial charge in [-0.05, 0) is 48.4 Å². The molecule has 0 radical (unpaired) electrons. The number of carbonyl (C=O) groups is 1. The van der Waals surface area contributed by atoms with Crippen molar-refractivity contribution < 1.29 is 18.3 Å². The van der Waals surface area contributed by atoms with E-state index in [0.29, 0.717) is 16.9 Å². The van der Waals surface area contributed by atoms with E-state index in [2.05, 4.69) is 0 Å². The molecule has 0 saturated carbocycles. The van der Waals surface area contributed by atoms with Crippen LogP contribution in [0.1, 0.15) is 21.5 Å². The van der Waals surface area contributed by atoms with Crippen LogP contribution in [0.25, 0.3) is 0 Å². The van der Waals surface area contributed by atoms with Crippen LogP contribution in [0.2, 0.25) is 0 Å². The first-order chi connectivity index (χ1) is 9.51. The molecule has 0 fully saturated rings. The summed E-state index contributed by atoms with van der Waals surface area (Å²) >= 11 is 0. The molecule has 2 rings (SSSR count). The van der Waals surface area contributed by atoms with Crippen molar-refractivity contribution in [3.63, 3.8) is 0 Å². The second kappa shape index (κ2) is 5.82. The smallest absolute Gasteiger partial charge is 0.167 e. The molecule has 0 bridgehead atoms. The fourth-order valence-electron chi connectivity index (χ4n) is 1.99. The lowest BCUT2D eigenvalue weighted by Crippen LogP contribution is -2.05. The van der Waals surface area contributed by atoms with Crippen LogP contribution in [0.3, 0.4) is 0 Å². The Bertz CT molecular complexity index is 651. The molecule has 0 spiro atoms. The topological polar surface area (TPSA) is 26.3 Å². The molecule has 0 amide bonds. The van der Waals surface area contributed by atoms with Crippen LogP contribution in [0.5, 0.6) is 5.75 Å². The van der Waals surface area contributed by atoms with Crippen LogP contribution in [-0.2, 0) is 6.42 Å². The van der Waals surface area contributed by atoms with Gasteiger partial charge in [0.25, 0.3) is 0 Å². The molecule has 20 heavy (non-hydrogen) atoms. The molecule has 0 saturated heterocycles. The van der Waals surface area contributed by atoms with E-state index in [4.69, 9.17) is 4.74 Å². The molecule has 0 atom stereocenters. The van der Waals surface area contributed by atoms with E-state index in [1.54, 1.807) is 25.3 Å². The van der Waals surface area contributed by atoms with E-state index in [0.717, 1.165) is 17.7 Å². The zero-order valence-electron chi connectivity index (χ0n) is 11.2. The van der Waals surface area contributed by atoms with Crippen LogP contribution >= 0.6 is 0 Å². The third-order valence-corrected chi connectivity index (χ3v) is 3.07. The van der Waals surface area contributed by atoms with Gasteiger partial charge >= 0.3 is 0 Å².